The molecule has 0 saturated heterocycles. The summed E-state index contributed by atoms with van der Waals surface area (Å²) >= 11 is 0. The van der Waals surface area contributed by atoms with Gasteiger partial charge < -0.3 is 15.8 Å². The highest BCUT2D eigenvalue weighted by Gasteiger charge is 2.28. The summed E-state index contributed by atoms with van der Waals surface area (Å²) in [6.45, 7) is 0.535. The van der Waals surface area contributed by atoms with Gasteiger partial charge in [0.2, 0.25) is 10.0 Å². The second-order valence-corrected chi connectivity index (χ2v) is 7.43. The third-order valence-corrected chi connectivity index (χ3v) is 5.70. The third kappa shape index (κ3) is 4.38. The molecule has 0 radical (unpaired) electrons. The summed E-state index contributed by atoms with van der Waals surface area (Å²) < 4.78 is 31.4. The molecule has 2 rings (SSSR count). The van der Waals surface area contributed by atoms with Gasteiger partial charge in [-0.2, -0.15) is 0 Å². The molecule has 1 aromatic rings. The lowest BCUT2D eigenvalue weighted by Crippen LogP contribution is -2.39. The summed E-state index contributed by atoms with van der Waals surface area (Å²) in [5.41, 5.74) is 6.00. The van der Waals surface area contributed by atoms with Crippen LogP contribution in [0, 0.1) is 5.92 Å². The average molecular weight is 378 g/mol. The van der Waals surface area contributed by atoms with E-state index in [-0.39, 0.29) is 46.5 Å². The molecule has 1 fully saturated rings. The Balaban J connectivity index is 0.00000288. The highest BCUT2D eigenvalue weighted by molar-refractivity contribution is 7.89. The van der Waals surface area contributed by atoms with Crippen LogP contribution in [0.4, 0.5) is 0 Å². The van der Waals surface area contributed by atoms with Crippen molar-refractivity contribution >= 4 is 28.3 Å². The fraction of sp³-hybridized carbons (Fsp3) is 0.533. The molecular formula is C15H24ClN3O4S. The van der Waals surface area contributed by atoms with Crippen molar-refractivity contribution in [3.63, 3.8) is 0 Å². The lowest BCUT2D eigenvalue weighted by molar-refractivity contribution is 0.0928. The van der Waals surface area contributed by atoms with E-state index in [0.29, 0.717) is 6.54 Å². The van der Waals surface area contributed by atoms with Crippen LogP contribution in [0.5, 0.6) is 5.75 Å². The van der Waals surface area contributed by atoms with Gasteiger partial charge in [0.15, 0.2) is 0 Å². The minimum absolute atomic E-state index is 0. The predicted molar refractivity (Wildman–Crippen MR) is 94.1 cm³/mol. The van der Waals surface area contributed by atoms with Crippen LogP contribution in [0.2, 0.25) is 0 Å². The number of nitrogens with two attached hydrogens (primary N) is 1. The number of hydrogen-bond acceptors (Lipinski definition) is 5. The molecule has 0 aromatic heterocycles. The van der Waals surface area contributed by atoms with Crippen LogP contribution in [-0.4, -0.2) is 41.1 Å². The van der Waals surface area contributed by atoms with Crippen LogP contribution < -0.4 is 20.5 Å². The number of amides is 1. The Bertz CT molecular complexity index is 681. The molecule has 1 aromatic carbocycles. The second-order valence-electron chi connectivity index (χ2n) is 5.58. The predicted octanol–water partition coefficient (Wildman–Crippen LogP) is 0.882. The smallest absolute Gasteiger partial charge is 0.251 e. The van der Waals surface area contributed by atoms with Gasteiger partial charge in [-0.3, -0.25) is 4.79 Å². The molecule has 0 aliphatic heterocycles. The van der Waals surface area contributed by atoms with Gasteiger partial charge in [-0.25, -0.2) is 13.1 Å². The third-order valence-electron chi connectivity index (χ3n) is 4.26. The molecule has 0 heterocycles. The molecular weight excluding hydrogens is 354 g/mol. The van der Waals surface area contributed by atoms with Crippen molar-refractivity contribution in [2.75, 3.05) is 20.7 Å². The number of rotatable bonds is 6. The SMILES string of the molecule is CNS(=O)(=O)c1cc(C(=O)NC2CCCC2CN)ccc1OC.Cl. The number of methoxy groups -OCH3 is 1. The molecule has 2 unspecified atom stereocenters. The zero-order valence-corrected chi connectivity index (χ0v) is 15.4. The fourth-order valence-corrected chi connectivity index (χ4v) is 3.82. The van der Waals surface area contributed by atoms with E-state index in [9.17, 15) is 13.2 Å². The summed E-state index contributed by atoms with van der Waals surface area (Å²) in [6.07, 6.45) is 2.93. The minimum atomic E-state index is -3.71. The van der Waals surface area contributed by atoms with Crippen molar-refractivity contribution in [3.05, 3.63) is 23.8 Å². The lowest BCUT2D eigenvalue weighted by atomic mass is 10.0. The van der Waals surface area contributed by atoms with E-state index in [0.717, 1.165) is 19.3 Å². The van der Waals surface area contributed by atoms with Crippen LogP contribution >= 0.6 is 12.4 Å². The molecule has 1 saturated carbocycles. The van der Waals surface area contributed by atoms with Gasteiger partial charge in [0.25, 0.3) is 5.91 Å². The summed E-state index contributed by atoms with van der Waals surface area (Å²) in [5.74, 6) is 0.167. The number of sulfonamides is 1. The van der Waals surface area contributed by atoms with E-state index < -0.39 is 10.0 Å². The Morgan fingerprint density at radius 2 is 2.08 bits per heavy atom. The Hall–Kier alpha value is -1.35. The van der Waals surface area contributed by atoms with Crippen molar-refractivity contribution in [2.45, 2.75) is 30.2 Å². The van der Waals surface area contributed by atoms with Gasteiger partial charge in [-0.05, 0) is 50.6 Å². The molecule has 7 nitrogen and oxygen atoms in total. The summed E-state index contributed by atoms with van der Waals surface area (Å²) in [7, 11) is -1.02. The van der Waals surface area contributed by atoms with Crippen molar-refractivity contribution in [2.24, 2.45) is 11.7 Å². The first kappa shape index (κ1) is 20.7. The minimum Gasteiger partial charge on any atom is -0.495 e. The second kappa shape index (κ2) is 8.66. The van der Waals surface area contributed by atoms with E-state index in [1.807, 2.05) is 0 Å². The summed E-state index contributed by atoms with van der Waals surface area (Å²) in [5, 5.41) is 2.96. The maximum Gasteiger partial charge on any atom is 0.251 e. The van der Waals surface area contributed by atoms with Crippen LogP contribution in [0.3, 0.4) is 0 Å². The first-order chi connectivity index (χ1) is 10.9. The zero-order valence-electron chi connectivity index (χ0n) is 13.7. The molecule has 0 bridgehead atoms. The van der Waals surface area contributed by atoms with Crippen LogP contribution in [0.1, 0.15) is 29.6 Å². The molecule has 1 amide bonds. The number of nitrogens with one attached hydrogen (secondary N) is 2. The van der Waals surface area contributed by atoms with E-state index in [2.05, 4.69) is 10.0 Å². The van der Waals surface area contributed by atoms with Gasteiger partial charge in [-0.1, -0.05) is 6.42 Å². The van der Waals surface area contributed by atoms with E-state index in [1.165, 1.54) is 26.3 Å². The molecule has 24 heavy (non-hydrogen) atoms. The topological polar surface area (TPSA) is 111 Å². The Kier molecular flexibility index (Phi) is 7.47. The van der Waals surface area contributed by atoms with E-state index >= 15 is 0 Å². The Labute approximate surface area is 148 Å². The van der Waals surface area contributed by atoms with Gasteiger partial charge in [-0.15, -0.1) is 12.4 Å². The van der Waals surface area contributed by atoms with Crippen LogP contribution in [0.15, 0.2) is 23.1 Å². The number of carbonyl (C=O) groups is 1. The maximum absolute atomic E-state index is 12.4. The van der Waals surface area contributed by atoms with Crippen LogP contribution in [0.25, 0.3) is 0 Å². The van der Waals surface area contributed by atoms with Crippen LogP contribution in [-0.2, 0) is 10.0 Å². The highest BCUT2D eigenvalue weighted by atomic mass is 35.5. The standard InChI is InChI=1S/C15H23N3O4S.ClH/c1-17-23(20,21)14-8-10(6-7-13(14)22-2)15(19)18-12-5-3-4-11(12)9-16;/h6-8,11-12,17H,3-5,9,16H2,1-2H3,(H,18,19);1H. The molecule has 1 aliphatic carbocycles. The first-order valence-corrected chi connectivity index (χ1v) is 9.03. The molecule has 136 valence electrons. The number of hydrogen-bond donors (Lipinski definition) is 3. The largest absolute Gasteiger partial charge is 0.495 e. The maximum atomic E-state index is 12.4. The van der Waals surface area contributed by atoms with E-state index in [4.69, 9.17) is 10.5 Å². The first-order valence-electron chi connectivity index (χ1n) is 7.55. The normalized spacial score (nSPS) is 20.3. The summed E-state index contributed by atoms with van der Waals surface area (Å²) in [4.78, 5) is 12.4. The highest BCUT2D eigenvalue weighted by Crippen LogP contribution is 2.27. The monoisotopic (exact) mass is 377 g/mol. The van der Waals surface area contributed by atoms with Gasteiger partial charge in [0.1, 0.15) is 10.6 Å². The summed E-state index contributed by atoms with van der Waals surface area (Å²) in [6, 6.07) is 4.40. The van der Waals surface area contributed by atoms with Gasteiger partial charge >= 0.3 is 0 Å². The van der Waals surface area contributed by atoms with Crippen molar-refractivity contribution in [1.82, 2.24) is 10.0 Å². The Morgan fingerprint density at radius 3 is 2.67 bits per heavy atom. The fourth-order valence-electron chi connectivity index (χ4n) is 2.90. The van der Waals surface area contributed by atoms with E-state index in [1.54, 1.807) is 6.07 Å². The molecule has 0 spiro atoms. The Morgan fingerprint density at radius 1 is 1.38 bits per heavy atom. The number of carbonyl (C=O) groups excluding carboxylic acids is 1. The quantitative estimate of drug-likeness (QED) is 0.681. The van der Waals surface area contributed by atoms with Crippen molar-refractivity contribution in [3.8, 4) is 5.75 Å². The molecule has 1 aliphatic rings. The molecule has 9 heteroatoms. The van der Waals surface area contributed by atoms with Gasteiger partial charge in [0, 0.05) is 11.6 Å². The molecule has 2 atom stereocenters. The number of halogens is 1. The molecule has 4 N–H and O–H groups in total. The zero-order chi connectivity index (χ0) is 17.0. The number of ether oxygens (including phenoxy) is 1. The average Bonchev–Trinajstić information content (AvgIpc) is 3.01. The number of benzene rings is 1. The lowest BCUT2D eigenvalue weighted by Gasteiger charge is -2.20. The van der Waals surface area contributed by atoms with Gasteiger partial charge in [0.05, 0.1) is 7.11 Å². The van der Waals surface area contributed by atoms with Crippen molar-refractivity contribution < 1.29 is 17.9 Å². The van der Waals surface area contributed by atoms with Crippen molar-refractivity contribution in [1.29, 1.82) is 0 Å².